The number of aromatic amines is 1. The molecular formula is C23H15F4N3O2. The van der Waals surface area contributed by atoms with Crippen LogP contribution in [-0.2, 0) is 11.0 Å². The molecule has 0 aliphatic rings. The summed E-state index contributed by atoms with van der Waals surface area (Å²) in [7, 11) is 0. The number of rotatable bonds is 4. The standard InChI is InChI=1S/C23H15F4N3O2/c1-12(31)30-18-4-2-3-13(7-18)15-8-19-20(11-29-22(19)28-10-15)21(32)14-5-16(23(25,26)27)9-17(24)6-14/h2-11H,1H3,(H,28,29)(H,30,31). The number of pyridine rings is 1. The van der Waals surface area contributed by atoms with E-state index < -0.39 is 28.9 Å². The normalized spacial score (nSPS) is 11.5. The van der Waals surface area contributed by atoms with E-state index in [0.717, 1.165) is 6.07 Å². The van der Waals surface area contributed by atoms with Gasteiger partial charge < -0.3 is 10.3 Å². The zero-order valence-electron chi connectivity index (χ0n) is 16.5. The third-order valence-corrected chi connectivity index (χ3v) is 4.78. The van der Waals surface area contributed by atoms with Gasteiger partial charge in [-0.1, -0.05) is 12.1 Å². The topological polar surface area (TPSA) is 74.8 Å². The first-order valence-electron chi connectivity index (χ1n) is 9.39. The van der Waals surface area contributed by atoms with Crippen LogP contribution in [-0.4, -0.2) is 21.7 Å². The Morgan fingerprint density at radius 1 is 1.03 bits per heavy atom. The number of nitrogens with one attached hydrogen (secondary N) is 2. The van der Waals surface area contributed by atoms with Gasteiger partial charge in [-0.3, -0.25) is 9.59 Å². The van der Waals surface area contributed by atoms with E-state index in [1.807, 2.05) is 0 Å². The summed E-state index contributed by atoms with van der Waals surface area (Å²) in [6.07, 6.45) is -1.90. The molecule has 0 aliphatic heterocycles. The average Bonchev–Trinajstić information content (AvgIpc) is 3.15. The molecule has 32 heavy (non-hydrogen) atoms. The first-order chi connectivity index (χ1) is 15.1. The molecule has 2 aromatic carbocycles. The Bertz CT molecular complexity index is 1360. The highest BCUT2D eigenvalue weighted by Gasteiger charge is 2.32. The molecule has 0 saturated carbocycles. The van der Waals surface area contributed by atoms with Crippen LogP contribution in [0.2, 0.25) is 0 Å². The van der Waals surface area contributed by atoms with Crippen LogP contribution in [0.25, 0.3) is 22.2 Å². The number of carbonyl (C=O) groups excluding carboxylic acids is 2. The van der Waals surface area contributed by atoms with Gasteiger partial charge >= 0.3 is 6.18 Å². The van der Waals surface area contributed by atoms with Crippen molar-refractivity contribution in [2.45, 2.75) is 13.1 Å². The Hall–Kier alpha value is -4.01. The lowest BCUT2D eigenvalue weighted by Crippen LogP contribution is -2.09. The van der Waals surface area contributed by atoms with Crippen molar-refractivity contribution < 1.29 is 27.2 Å². The number of ketones is 1. The van der Waals surface area contributed by atoms with Gasteiger partial charge in [-0.2, -0.15) is 13.2 Å². The quantitative estimate of drug-likeness (QED) is 0.321. The fourth-order valence-corrected chi connectivity index (χ4v) is 3.37. The summed E-state index contributed by atoms with van der Waals surface area (Å²) in [5.41, 5.74) is 0.642. The van der Waals surface area contributed by atoms with Gasteiger partial charge in [-0.25, -0.2) is 9.37 Å². The van der Waals surface area contributed by atoms with E-state index >= 15 is 0 Å². The summed E-state index contributed by atoms with van der Waals surface area (Å²) in [4.78, 5) is 31.3. The summed E-state index contributed by atoms with van der Waals surface area (Å²) in [5, 5.41) is 3.04. The van der Waals surface area contributed by atoms with Crippen LogP contribution < -0.4 is 5.32 Å². The molecule has 1 amide bonds. The second kappa shape index (κ2) is 7.92. The SMILES string of the molecule is CC(=O)Nc1cccc(-c2cnc3[nH]cc(C(=O)c4cc(F)cc(C(F)(F)F)c4)c3c2)c1. The zero-order valence-corrected chi connectivity index (χ0v) is 16.5. The Morgan fingerprint density at radius 3 is 2.53 bits per heavy atom. The van der Waals surface area contributed by atoms with Crippen LogP contribution in [0.3, 0.4) is 0 Å². The third-order valence-electron chi connectivity index (χ3n) is 4.78. The van der Waals surface area contributed by atoms with Crippen LogP contribution in [0, 0.1) is 5.82 Å². The zero-order chi connectivity index (χ0) is 23.0. The number of H-pyrrole nitrogens is 1. The summed E-state index contributed by atoms with van der Waals surface area (Å²) < 4.78 is 52.9. The minimum absolute atomic E-state index is 0.0612. The molecule has 2 N–H and O–H groups in total. The number of nitrogens with zero attached hydrogens (tertiary/aromatic N) is 1. The van der Waals surface area contributed by atoms with Crippen molar-refractivity contribution in [2.75, 3.05) is 5.32 Å². The van der Waals surface area contributed by atoms with E-state index in [1.165, 1.54) is 13.1 Å². The number of alkyl halides is 3. The molecule has 0 fully saturated rings. The molecule has 4 rings (SSSR count). The molecule has 0 saturated heterocycles. The Balaban J connectivity index is 1.77. The minimum atomic E-state index is -4.79. The maximum absolute atomic E-state index is 13.8. The maximum atomic E-state index is 13.8. The van der Waals surface area contributed by atoms with Gasteiger partial charge in [0.05, 0.1) is 5.56 Å². The van der Waals surface area contributed by atoms with Crippen LogP contribution >= 0.6 is 0 Å². The largest absolute Gasteiger partial charge is 0.416 e. The monoisotopic (exact) mass is 441 g/mol. The van der Waals surface area contributed by atoms with E-state index in [1.54, 1.807) is 36.5 Å². The molecule has 0 spiro atoms. The fraction of sp³-hybridized carbons (Fsp3) is 0.0870. The molecule has 5 nitrogen and oxygen atoms in total. The summed E-state index contributed by atoms with van der Waals surface area (Å²) >= 11 is 0. The second-order valence-corrected chi connectivity index (χ2v) is 7.14. The maximum Gasteiger partial charge on any atom is 0.416 e. The van der Waals surface area contributed by atoms with Crippen molar-refractivity contribution in [2.24, 2.45) is 0 Å². The first kappa shape index (κ1) is 21.2. The summed E-state index contributed by atoms with van der Waals surface area (Å²) in [6.45, 7) is 1.38. The average molecular weight is 441 g/mol. The molecule has 9 heteroatoms. The highest BCUT2D eigenvalue weighted by molar-refractivity contribution is 6.16. The number of fused-ring (bicyclic) bond motifs is 1. The van der Waals surface area contributed by atoms with Crippen LogP contribution in [0.5, 0.6) is 0 Å². The number of hydrogen-bond donors (Lipinski definition) is 2. The van der Waals surface area contributed by atoms with E-state index in [2.05, 4.69) is 15.3 Å². The molecule has 4 aromatic rings. The molecule has 0 atom stereocenters. The fourth-order valence-electron chi connectivity index (χ4n) is 3.37. The van der Waals surface area contributed by atoms with Gasteiger partial charge in [0.15, 0.2) is 5.78 Å². The van der Waals surface area contributed by atoms with Crippen LogP contribution in [0.15, 0.2) is 60.9 Å². The van der Waals surface area contributed by atoms with Crippen molar-refractivity contribution in [1.82, 2.24) is 9.97 Å². The highest BCUT2D eigenvalue weighted by Crippen LogP contribution is 2.32. The Kier molecular flexibility index (Phi) is 5.25. The van der Waals surface area contributed by atoms with Gasteiger partial charge in [0.1, 0.15) is 11.5 Å². The molecule has 162 valence electrons. The van der Waals surface area contributed by atoms with E-state index in [-0.39, 0.29) is 11.5 Å². The number of halogens is 4. The molecular weight excluding hydrogens is 426 g/mol. The van der Waals surface area contributed by atoms with Gasteiger partial charge in [-0.05, 0) is 42.0 Å². The third kappa shape index (κ3) is 4.22. The molecule has 0 unspecified atom stereocenters. The Morgan fingerprint density at radius 2 is 1.81 bits per heavy atom. The first-order valence-corrected chi connectivity index (χ1v) is 9.39. The van der Waals surface area contributed by atoms with Crippen molar-refractivity contribution >= 4 is 28.4 Å². The van der Waals surface area contributed by atoms with E-state index in [4.69, 9.17) is 0 Å². The minimum Gasteiger partial charge on any atom is -0.345 e. The number of benzene rings is 2. The summed E-state index contributed by atoms with van der Waals surface area (Å²) in [6, 6.07) is 10.3. The van der Waals surface area contributed by atoms with Gasteiger partial charge in [0, 0.05) is 47.1 Å². The van der Waals surface area contributed by atoms with E-state index in [9.17, 15) is 27.2 Å². The van der Waals surface area contributed by atoms with Gasteiger partial charge in [-0.15, -0.1) is 0 Å². The predicted octanol–water partition coefficient (Wildman–Crippen LogP) is 5.58. The second-order valence-electron chi connectivity index (χ2n) is 7.14. The van der Waals surface area contributed by atoms with Crippen molar-refractivity contribution in [1.29, 1.82) is 0 Å². The smallest absolute Gasteiger partial charge is 0.345 e. The predicted molar refractivity (Wildman–Crippen MR) is 111 cm³/mol. The summed E-state index contributed by atoms with van der Waals surface area (Å²) in [5.74, 6) is -2.16. The lowest BCUT2D eigenvalue weighted by atomic mass is 9.99. The number of carbonyl (C=O) groups is 2. The molecule has 0 bridgehead atoms. The Labute approximate surface area is 179 Å². The number of anilines is 1. The number of amides is 1. The van der Waals surface area contributed by atoms with Crippen molar-refractivity contribution in [3.63, 3.8) is 0 Å². The van der Waals surface area contributed by atoms with E-state index in [0.29, 0.717) is 40.0 Å². The highest BCUT2D eigenvalue weighted by atomic mass is 19.4. The van der Waals surface area contributed by atoms with Crippen molar-refractivity contribution in [3.8, 4) is 11.1 Å². The number of aromatic nitrogens is 2. The molecule has 0 radical (unpaired) electrons. The molecule has 2 heterocycles. The number of hydrogen-bond acceptors (Lipinski definition) is 3. The van der Waals surface area contributed by atoms with Gasteiger partial charge in [0.2, 0.25) is 5.91 Å². The van der Waals surface area contributed by atoms with Gasteiger partial charge in [0.25, 0.3) is 0 Å². The van der Waals surface area contributed by atoms with Crippen molar-refractivity contribution in [3.05, 3.63) is 83.4 Å². The van der Waals surface area contributed by atoms with Crippen LogP contribution in [0.4, 0.5) is 23.2 Å². The lowest BCUT2D eigenvalue weighted by Gasteiger charge is -2.09. The van der Waals surface area contributed by atoms with Crippen LogP contribution in [0.1, 0.15) is 28.4 Å². The lowest BCUT2D eigenvalue weighted by molar-refractivity contribution is -0.137. The molecule has 2 aromatic heterocycles. The molecule has 0 aliphatic carbocycles.